The van der Waals surface area contributed by atoms with Crippen molar-refractivity contribution in [2.24, 2.45) is 0 Å². The van der Waals surface area contributed by atoms with E-state index in [0.717, 1.165) is 55.2 Å². The van der Waals surface area contributed by atoms with Gasteiger partial charge < -0.3 is 5.11 Å². The summed E-state index contributed by atoms with van der Waals surface area (Å²) >= 11 is 1.67. The van der Waals surface area contributed by atoms with Gasteiger partial charge in [0.25, 0.3) is 5.56 Å². The summed E-state index contributed by atoms with van der Waals surface area (Å²) in [7, 11) is 0. The van der Waals surface area contributed by atoms with E-state index >= 15 is 0 Å². The number of aromatic nitrogens is 2. The van der Waals surface area contributed by atoms with Crippen LogP contribution < -0.4 is 5.56 Å². The van der Waals surface area contributed by atoms with E-state index in [2.05, 4.69) is 4.98 Å². The molecular weight excluding hydrogens is 284 g/mol. The summed E-state index contributed by atoms with van der Waals surface area (Å²) < 4.78 is 1.64. The lowest BCUT2D eigenvalue weighted by Crippen LogP contribution is -2.39. The molecule has 0 unspecified atom stereocenters. The van der Waals surface area contributed by atoms with Crippen LogP contribution in [0.15, 0.2) is 11.1 Å². The van der Waals surface area contributed by atoms with Gasteiger partial charge in [-0.2, -0.15) is 0 Å². The third-order valence-corrected chi connectivity index (χ3v) is 6.14. The molecule has 0 atom stereocenters. The highest BCUT2D eigenvalue weighted by molar-refractivity contribution is 7.18. The average Bonchev–Trinajstić information content (AvgIpc) is 3.03. The monoisotopic (exact) mass is 304 g/mol. The van der Waals surface area contributed by atoms with E-state index < -0.39 is 5.60 Å². The van der Waals surface area contributed by atoms with Crippen molar-refractivity contribution in [3.05, 3.63) is 27.1 Å². The number of aliphatic hydroxyl groups is 1. The fourth-order valence-corrected chi connectivity index (χ4v) is 5.04. The van der Waals surface area contributed by atoms with Crippen molar-refractivity contribution in [2.75, 3.05) is 0 Å². The van der Waals surface area contributed by atoms with Gasteiger partial charge in [0.1, 0.15) is 4.83 Å². The Morgan fingerprint density at radius 1 is 1.24 bits per heavy atom. The van der Waals surface area contributed by atoms with Gasteiger partial charge in [-0.3, -0.25) is 9.36 Å². The molecule has 1 N–H and O–H groups in total. The second kappa shape index (κ2) is 4.92. The van der Waals surface area contributed by atoms with E-state index in [4.69, 9.17) is 0 Å². The summed E-state index contributed by atoms with van der Waals surface area (Å²) in [5, 5.41) is 11.5. The first kappa shape index (κ1) is 13.5. The minimum atomic E-state index is -0.726. The predicted molar refractivity (Wildman–Crippen MR) is 83.9 cm³/mol. The van der Waals surface area contributed by atoms with Crippen molar-refractivity contribution in [1.82, 2.24) is 9.55 Å². The lowest BCUT2D eigenvalue weighted by atomic mass is 9.85. The molecule has 112 valence electrons. The zero-order chi connectivity index (χ0) is 14.4. The van der Waals surface area contributed by atoms with Crippen molar-refractivity contribution < 1.29 is 5.11 Å². The van der Waals surface area contributed by atoms with Crippen LogP contribution in [-0.2, 0) is 19.4 Å². The molecule has 0 bridgehead atoms. The van der Waals surface area contributed by atoms with Crippen molar-refractivity contribution in [3.63, 3.8) is 0 Å². The summed E-state index contributed by atoms with van der Waals surface area (Å²) in [6, 6.07) is 0. The lowest BCUT2D eigenvalue weighted by molar-refractivity contribution is -0.0123. The van der Waals surface area contributed by atoms with E-state index in [1.807, 2.05) is 0 Å². The quantitative estimate of drug-likeness (QED) is 0.928. The van der Waals surface area contributed by atoms with E-state index in [1.165, 1.54) is 16.9 Å². The molecule has 21 heavy (non-hydrogen) atoms. The van der Waals surface area contributed by atoms with Crippen LogP contribution in [0.4, 0.5) is 0 Å². The zero-order valence-electron chi connectivity index (χ0n) is 12.1. The van der Waals surface area contributed by atoms with Crippen LogP contribution in [0.1, 0.15) is 49.0 Å². The number of hydrogen-bond donors (Lipinski definition) is 1. The predicted octanol–water partition coefficient (Wildman–Crippen LogP) is 2.64. The molecule has 0 amide bonds. The van der Waals surface area contributed by atoms with Gasteiger partial charge in [-0.1, -0.05) is 19.3 Å². The number of nitrogens with zero attached hydrogens (tertiary/aromatic N) is 2. The minimum Gasteiger partial charge on any atom is -0.388 e. The van der Waals surface area contributed by atoms with Crippen LogP contribution in [0, 0.1) is 0 Å². The van der Waals surface area contributed by atoms with Crippen LogP contribution in [0.3, 0.4) is 0 Å². The molecule has 2 aromatic heterocycles. The first-order valence-electron chi connectivity index (χ1n) is 7.88. The van der Waals surface area contributed by atoms with Gasteiger partial charge >= 0.3 is 0 Å². The van der Waals surface area contributed by atoms with Crippen LogP contribution in [-0.4, -0.2) is 20.3 Å². The molecule has 1 saturated carbocycles. The first-order chi connectivity index (χ1) is 10.2. The maximum absolute atomic E-state index is 12.8. The Balaban J connectivity index is 1.76. The van der Waals surface area contributed by atoms with Gasteiger partial charge in [0.15, 0.2) is 0 Å². The topological polar surface area (TPSA) is 55.1 Å². The Kier molecular flexibility index (Phi) is 3.15. The molecule has 0 spiro atoms. The first-order valence-corrected chi connectivity index (χ1v) is 8.70. The Hall–Kier alpha value is -1.20. The molecule has 2 heterocycles. The average molecular weight is 304 g/mol. The minimum absolute atomic E-state index is 0.0402. The highest BCUT2D eigenvalue weighted by atomic mass is 32.1. The largest absolute Gasteiger partial charge is 0.388 e. The Labute approximate surface area is 127 Å². The van der Waals surface area contributed by atoms with Gasteiger partial charge in [0, 0.05) is 4.88 Å². The zero-order valence-corrected chi connectivity index (χ0v) is 12.9. The third kappa shape index (κ3) is 2.23. The molecule has 0 radical (unpaired) electrons. The van der Waals surface area contributed by atoms with E-state index in [-0.39, 0.29) is 5.56 Å². The highest BCUT2D eigenvalue weighted by Crippen LogP contribution is 2.35. The molecule has 2 aliphatic rings. The van der Waals surface area contributed by atoms with Crippen LogP contribution >= 0.6 is 11.3 Å². The molecule has 4 nitrogen and oxygen atoms in total. The molecule has 0 aliphatic heterocycles. The maximum atomic E-state index is 12.8. The van der Waals surface area contributed by atoms with Crippen LogP contribution in [0.5, 0.6) is 0 Å². The number of aryl methyl sites for hydroxylation is 2. The molecule has 0 aromatic carbocycles. The van der Waals surface area contributed by atoms with Crippen molar-refractivity contribution >= 4 is 21.6 Å². The van der Waals surface area contributed by atoms with Gasteiger partial charge in [-0.15, -0.1) is 11.3 Å². The van der Waals surface area contributed by atoms with Crippen molar-refractivity contribution in [2.45, 2.75) is 63.5 Å². The molecular formula is C16H20N2O2S. The van der Waals surface area contributed by atoms with Gasteiger partial charge in [-0.05, 0) is 37.7 Å². The fraction of sp³-hybridized carbons (Fsp3) is 0.625. The molecule has 4 rings (SSSR count). The van der Waals surface area contributed by atoms with Gasteiger partial charge in [0.2, 0.25) is 0 Å². The maximum Gasteiger partial charge on any atom is 0.262 e. The van der Waals surface area contributed by atoms with Crippen molar-refractivity contribution in [1.29, 1.82) is 0 Å². The molecule has 2 aromatic rings. The third-order valence-electron chi connectivity index (χ3n) is 4.94. The summed E-state index contributed by atoms with van der Waals surface area (Å²) in [5.41, 5.74) is 0.535. The van der Waals surface area contributed by atoms with E-state index in [1.54, 1.807) is 22.2 Å². The summed E-state index contributed by atoms with van der Waals surface area (Å²) in [5.74, 6) is 0. The number of rotatable bonds is 2. The fourth-order valence-electron chi connectivity index (χ4n) is 3.82. The Morgan fingerprint density at radius 2 is 2.05 bits per heavy atom. The molecule has 2 aliphatic carbocycles. The SMILES string of the molecule is O=c1c2c3c(sc2ncn1CC1(O)CCCCC1)CCC3. The summed E-state index contributed by atoms with van der Waals surface area (Å²) in [6.45, 7) is 0.388. The highest BCUT2D eigenvalue weighted by Gasteiger charge is 2.30. The van der Waals surface area contributed by atoms with Gasteiger partial charge in [-0.25, -0.2) is 4.98 Å². The molecule has 1 fully saturated rings. The number of hydrogen-bond acceptors (Lipinski definition) is 4. The summed E-state index contributed by atoms with van der Waals surface area (Å²) in [6.07, 6.45) is 9.73. The lowest BCUT2D eigenvalue weighted by Gasteiger charge is -2.32. The van der Waals surface area contributed by atoms with E-state index in [0.29, 0.717) is 6.54 Å². The van der Waals surface area contributed by atoms with E-state index in [9.17, 15) is 9.90 Å². The van der Waals surface area contributed by atoms with Crippen LogP contribution in [0.2, 0.25) is 0 Å². The summed E-state index contributed by atoms with van der Waals surface area (Å²) in [4.78, 5) is 19.5. The van der Waals surface area contributed by atoms with Gasteiger partial charge in [0.05, 0.1) is 23.9 Å². The normalized spacial score (nSPS) is 20.8. The Morgan fingerprint density at radius 3 is 2.86 bits per heavy atom. The van der Waals surface area contributed by atoms with Crippen LogP contribution in [0.25, 0.3) is 10.2 Å². The smallest absolute Gasteiger partial charge is 0.262 e. The molecule has 5 heteroatoms. The second-order valence-corrected chi connectivity index (χ2v) is 7.58. The number of thiophene rings is 1. The number of fused-ring (bicyclic) bond motifs is 3. The van der Waals surface area contributed by atoms with Crippen molar-refractivity contribution in [3.8, 4) is 0 Å². The second-order valence-electron chi connectivity index (χ2n) is 6.50. The standard InChI is InChI=1S/C16H20N2O2S/c19-15-13-11-5-4-6-12(11)21-14(13)17-10-18(15)9-16(20)7-2-1-3-8-16/h10,20H,1-9H2. The Bertz CT molecular complexity index is 741. The molecule has 0 saturated heterocycles.